The Balaban J connectivity index is 1.60. The van der Waals surface area contributed by atoms with Gasteiger partial charge >= 0.3 is 0 Å². The van der Waals surface area contributed by atoms with E-state index in [1.165, 1.54) is 0 Å². The zero-order valence-corrected chi connectivity index (χ0v) is 19.7. The molecule has 1 aliphatic carbocycles. The van der Waals surface area contributed by atoms with Gasteiger partial charge in [0.05, 0.1) is 53.0 Å². The monoisotopic (exact) mass is 458 g/mol. The van der Waals surface area contributed by atoms with Gasteiger partial charge in [0, 0.05) is 67.3 Å². The normalized spacial score (nSPS) is 21.8. The van der Waals surface area contributed by atoms with E-state index in [0.29, 0.717) is 11.4 Å². The van der Waals surface area contributed by atoms with Crippen molar-refractivity contribution in [2.24, 2.45) is 0 Å². The minimum absolute atomic E-state index is 0.521. The first-order valence-corrected chi connectivity index (χ1v) is 11.5. The standard InChI is InChI=1S/C26H30N6O2/c1-27-15-9-5-7-13-11-31-24(23(30-4)18(13)15)21-25(33)20(26(21)34)22-14-8-6-10-16(28-2)19(14)17(29-3)12-32-22/h5-12,20-21,25-30,33-34H,1-4H3. The Bertz CT molecular complexity index is 1350. The van der Waals surface area contributed by atoms with Gasteiger partial charge in [0.2, 0.25) is 0 Å². The van der Waals surface area contributed by atoms with Crippen LogP contribution in [0.1, 0.15) is 23.2 Å². The van der Waals surface area contributed by atoms with E-state index < -0.39 is 24.0 Å². The van der Waals surface area contributed by atoms with Crippen LogP contribution in [-0.4, -0.2) is 60.6 Å². The van der Waals surface area contributed by atoms with E-state index in [1.807, 2.05) is 64.6 Å². The summed E-state index contributed by atoms with van der Waals surface area (Å²) < 4.78 is 0. The average molecular weight is 459 g/mol. The molecule has 2 aromatic carbocycles. The minimum atomic E-state index is -0.830. The van der Waals surface area contributed by atoms with Crippen molar-refractivity contribution in [3.05, 3.63) is 60.2 Å². The van der Waals surface area contributed by atoms with Gasteiger partial charge in [0.1, 0.15) is 0 Å². The molecule has 1 fully saturated rings. The molecule has 6 N–H and O–H groups in total. The molecule has 2 heterocycles. The highest BCUT2D eigenvalue weighted by molar-refractivity contribution is 6.05. The Kier molecular flexibility index (Phi) is 5.63. The lowest BCUT2D eigenvalue weighted by molar-refractivity contribution is -0.0805. The average Bonchev–Trinajstić information content (AvgIpc) is 2.88. The van der Waals surface area contributed by atoms with Gasteiger partial charge in [0.25, 0.3) is 0 Å². The van der Waals surface area contributed by atoms with Crippen LogP contribution in [0.3, 0.4) is 0 Å². The molecule has 1 saturated carbocycles. The second-order valence-electron chi connectivity index (χ2n) is 8.61. The van der Waals surface area contributed by atoms with Crippen LogP contribution in [0.2, 0.25) is 0 Å². The fourth-order valence-electron chi connectivity index (χ4n) is 5.34. The predicted molar refractivity (Wildman–Crippen MR) is 139 cm³/mol. The van der Waals surface area contributed by atoms with Gasteiger partial charge in [-0.1, -0.05) is 24.3 Å². The maximum absolute atomic E-state index is 11.4. The number of aliphatic hydroxyl groups excluding tert-OH is 2. The number of nitrogens with zero attached hydrogens (tertiary/aromatic N) is 2. The molecule has 1 aliphatic rings. The van der Waals surface area contributed by atoms with Crippen LogP contribution in [0.4, 0.5) is 22.7 Å². The Morgan fingerprint density at radius 3 is 1.88 bits per heavy atom. The van der Waals surface area contributed by atoms with E-state index in [0.717, 1.165) is 44.3 Å². The van der Waals surface area contributed by atoms with Gasteiger partial charge in [-0.2, -0.15) is 0 Å². The van der Waals surface area contributed by atoms with Crippen molar-refractivity contribution < 1.29 is 10.2 Å². The highest BCUT2D eigenvalue weighted by atomic mass is 16.3. The van der Waals surface area contributed by atoms with Gasteiger partial charge in [-0.05, 0) is 12.1 Å². The fraction of sp³-hybridized carbons (Fsp3) is 0.308. The Morgan fingerprint density at radius 2 is 1.24 bits per heavy atom. The van der Waals surface area contributed by atoms with Crippen molar-refractivity contribution in [1.82, 2.24) is 9.97 Å². The molecule has 0 spiro atoms. The first kappa shape index (κ1) is 22.2. The second kappa shape index (κ2) is 8.62. The topological polar surface area (TPSA) is 114 Å². The zero-order chi connectivity index (χ0) is 24.0. The van der Waals surface area contributed by atoms with Crippen molar-refractivity contribution in [2.75, 3.05) is 49.5 Å². The summed E-state index contributed by atoms with van der Waals surface area (Å²) in [4.78, 5) is 9.34. The molecule has 8 nitrogen and oxygen atoms in total. The molecule has 0 bridgehead atoms. The maximum Gasteiger partial charge on any atom is 0.0758 e. The number of anilines is 4. The summed E-state index contributed by atoms with van der Waals surface area (Å²) in [5.74, 6) is -1.05. The van der Waals surface area contributed by atoms with Crippen molar-refractivity contribution >= 4 is 44.3 Å². The molecule has 0 saturated heterocycles. The van der Waals surface area contributed by atoms with Gasteiger partial charge in [0.15, 0.2) is 0 Å². The molecule has 176 valence electrons. The van der Waals surface area contributed by atoms with Gasteiger partial charge < -0.3 is 31.5 Å². The number of nitrogens with one attached hydrogen (secondary N) is 4. The number of hydrogen-bond donors (Lipinski definition) is 6. The van der Waals surface area contributed by atoms with Crippen molar-refractivity contribution in [2.45, 2.75) is 24.0 Å². The Labute approximate surface area is 198 Å². The van der Waals surface area contributed by atoms with E-state index in [4.69, 9.17) is 0 Å². The molecule has 4 aromatic rings. The maximum atomic E-state index is 11.4. The zero-order valence-electron chi connectivity index (χ0n) is 19.7. The lowest BCUT2D eigenvalue weighted by atomic mass is 9.64. The second-order valence-corrected chi connectivity index (χ2v) is 8.61. The summed E-state index contributed by atoms with van der Waals surface area (Å²) in [5.41, 5.74) is 4.95. The summed E-state index contributed by atoms with van der Waals surface area (Å²) in [6, 6.07) is 11.9. The van der Waals surface area contributed by atoms with Crippen LogP contribution in [0.5, 0.6) is 0 Å². The third-order valence-electron chi connectivity index (χ3n) is 7.05. The Hall–Kier alpha value is -3.62. The predicted octanol–water partition coefficient (Wildman–Crippen LogP) is 3.55. The number of aliphatic hydroxyl groups is 2. The van der Waals surface area contributed by atoms with E-state index in [-0.39, 0.29) is 0 Å². The van der Waals surface area contributed by atoms with Crippen LogP contribution in [-0.2, 0) is 0 Å². The number of rotatable bonds is 6. The van der Waals surface area contributed by atoms with E-state index in [1.54, 1.807) is 12.4 Å². The van der Waals surface area contributed by atoms with Gasteiger partial charge in [-0.25, -0.2) is 0 Å². The molecule has 2 atom stereocenters. The highest BCUT2D eigenvalue weighted by Gasteiger charge is 2.53. The SMILES string of the molecule is CNc1cccc2cnc(C3C(O)C(c4ncc(NC)c5c(NC)cccc45)C3O)c(NC)c12. The highest BCUT2D eigenvalue weighted by Crippen LogP contribution is 2.51. The Morgan fingerprint density at radius 1 is 0.647 bits per heavy atom. The van der Waals surface area contributed by atoms with Gasteiger partial charge in [-0.3, -0.25) is 9.97 Å². The molecular formula is C26H30N6O2. The molecule has 8 heteroatoms. The van der Waals surface area contributed by atoms with Crippen LogP contribution in [0, 0.1) is 0 Å². The molecule has 5 rings (SSSR count). The third-order valence-corrected chi connectivity index (χ3v) is 7.05. The molecule has 0 radical (unpaired) electrons. The number of aromatic nitrogens is 2. The third kappa shape index (κ3) is 3.13. The van der Waals surface area contributed by atoms with Gasteiger partial charge in [-0.15, -0.1) is 0 Å². The van der Waals surface area contributed by atoms with E-state index in [9.17, 15) is 10.2 Å². The quantitative estimate of drug-likeness (QED) is 0.260. The first-order valence-electron chi connectivity index (χ1n) is 11.5. The summed E-state index contributed by atoms with van der Waals surface area (Å²) in [5, 5.41) is 39.5. The number of hydrogen-bond acceptors (Lipinski definition) is 8. The summed E-state index contributed by atoms with van der Waals surface area (Å²) >= 11 is 0. The molecule has 2 unspecified atom stereocenters. The van der Waals surface area contributed by atoms with Crippen LogP contribution in [0.25, 0.3) is 21.5 Å². The van der Waals surface area contributed by atoms with E-state index >= 15 is 0 Å². The first-order chi connectivity index (χ1) is 16.5. The van der Waals surface area contributed by atoms with Crippen LogP contribution in [0.15, 0.2) is 48.8 Å². The molecule has 2 aromatic heterocycles. The largest absolute Gasteiger partial charge is 0.392 e. The minimum Gasteiger partial charge on any atom is -0.392 e. The number of benzene rings is 2. The van der Waals surface area contributed by atoms with Crippen LogP contribution < -0.4 is 21.3 Å². The number of fused-ring (bicyclic) bond motifs is 2. The van der Waals surface area contributed by atoms with Crippen LogP contribution >= 0.6 is 0 Å². The fourth-order valence-corrected chi connectivity index (χ4v) is 5.34. The lowest BCUT2D eigenvalue weighted by Gasteiger charge is -2.46. The smallest absolute Gasteiger partial charge is 0.0758 e. The number of pyridine rings is 2. The van der Waals surface area contributed by atoms with E-state index in [2.05, 4.69) is 31.2 Å². The van der Waals surface area contributed by atoms with Crippen molar-refractivity contribution in [3.63, 3.8) is 0 Å². The molecule has 0 amide bonds. The summed E-state index contributed by atoms with van der Waals surface area (Å²) in [7, 11) is 7.45. The summed E-state index contributed by atoms with van der Waals surface area (Å²) in [6.07, 6.45) is 1.90. The summed E-state index contributed by atoms with van der Waals surface area (Å²) in [6.45, 7) is 0. The lowest BCUT2D eigenvalue weighted by Crippen LogP contribution is -2.52. The van der Waals surface area contributed by atoms with Crippen molar-refractivity contribution in [3.8, 4) is 0 Å². The molecule has 34 heavy (non-hydrogen) atoms. The molecule has 0 aliphatic heterocycles. The molecular weight excluding hydrogens is 428 g/mol. The van der Waals surface area contributed by atoms with Crippen molar-refractivity contribution in [1.29, 1.82) is 0 Å².